The summed E-state index contributed by atoms with van der Waals surface area (Å²) in [6, 6.07) is 20.1. The third kappa shape index (κ3) is 2.97. The van der Waals surface area contributed by atoms with Crippen molar-refractivity contribution in [3.63, 3.8) is 0 Å². The normalized spacial score (nSPS) is 19.8. The van der Waals surface area contributed by atoms with Gasteiger partial charge in [-0.25, -0.2) is 0 Å². The molecule has 2 N–H and O–H groups in total. The van der Waals surface area contributed by atoms with E-state index in [4.69, 9.17) is 5.73 Å². The first-order valence-electron chi connectivity index (χ1n) is 9.08. The third-order valence-electron chi connectivity index (χ3n) is 5.33. The first kappa shape index (κ1) is 16.7. The lowest BCUT2D eigenvalue weighted by Gasteiger charge is -2.18. The lowest BCUT2D eigenvalue weighted by Crippen LogP contribution is -2.30. The van der Waals surface area contributed by atoms with Crippen LogP contribution in [-0.4, -0.2) is 35.4 Å². The summed E-state index contributed by atoms with van der Waals surface area (Å²) in [5, 5.41) is 0.913. The minimum Gasteiger partial charge on any atom is -0.338 e. The van der Waals surface area contributed by atoms with Crippen molar-refractivity contribution in [2.75, 3.05) is 19.6 Å². The molecule has 0 bridgehead atoms. The van der Waals surface area contributed by atoms with Gasteiger partial charge in [0, 0.05) is 30.1 Å². The third-order valence-corrected chi connectivity index (χ3v) is 5.33. The van der Waals surface area contributed by atoms with Gasteiger partial charge in [0.05, 0.1) is 11.1 Å². The predicted molar refractivity (Wildman–Crippen MR) is 104 cm³/mol. The predicted octanol–water partition coefficient (Wildman–Crippen LogP) is 3.36. The molecule has 1 aliphatic heterocycles. The number of fused-ring (bicyclic) bond motifs is 1. The van der Waals surface area contributed by atoms with E-state index < -0.39 is 0 Å². The summed E-state index contributed by atoms with van der Waals surface area (Å²) in [5.41, 5.74) is 9.75. The van der Waals surface area contributed by atoms with Crippen LogP contribution in [0.3, 0.4) is 0 Å². The molecule has 2 heterocycles. The van der Waals surface area contributed by atoms with Gasteiger partial charge in [0.1, 0.15) is 0 Å². The first-order valence-corrected chi connectivity index (χ1v) is 9.08. The maximum absolute atomic E-state index is 13.3. The van der Waals surface area contributed by atoms with Crippen molar-refractivity contribution >= 4 is 16.8 Å². The fourth-order valence-electron chi connectivity index (χ4n) is 4.01. The van der Waals surface area contributed by atoms with Gasteiger partial charge in [-0.3, -0.25) is 9.78 Å². The van der Waals surface area contributed by atoms with Crippen molar-refractivity contribution in [2.45, 2.75) is 12.8 Å². The lowest BCUT2D eigenvalue weighted by atomic mass is 9.89. The number of amides is 1. The summed E-state index contributed by atoms with van der Waals surface area (Å²) in [5.74, 6) is 0.651. The zero-order valence-electron chi connectivity index (χ0n) is 14.9. The van der Waals surface area contributed by atoms with E-state index in [9.17, 15) is 4.79 Å². The van der Waals surface area contributed by atoms with E-state index in [1.165, 1.54) is 5.56 Å². The standard InChI is InChI=1S/C22H23N3O/c1-15-11-19(18-9-5-6-10-21(18)24-15)22(26)25-13-17(12-23)20(14-25)16-7-3-2-4-8-16/h2-11,17,20H,12-14,23H2,1H3/t17-,20+/m1/s1. The molecule has 0 saturated carbocycles. The van der Waals surface area contributed by atoms with Crippen LogP contribution in [0.4, 0.5) is 0 Å². The highest BCUT2D eigenvalue weighted by Crippen LogP contribution is 2.33. The molecule has 1 amide bonds. The number of aromatic nitrogens is 1. The van der Waals surface area contributed by atoms with Crippen LogP contribution in [-0.2, 0) is 0 Å². The zero-order valence-corrected chi connectivity index (χ0v) is 14.9. The molecule has 4 rings (SSSR count). The first-order chi connectivity index (χ1) is 12.7. The van der Waals surface area contributed by atoms with Crippen LogP contribution in [0.15, 0.2) is 60.7 Å². The number of benzene rings is 2. The molecule has 0 aliphatic carbocycles. The maximum Gasteiger partial charge on any atom is 0.254 e. The largest absolute Gasteiger partial charge is 0.338 e. The number of nitrogens with zero attached hydrogens (tertiary/aromatic N) is 2. The van der Waals surface area contributed by atoms with E-state index in [1.54, 1.807) is 0 Å². The van der Waals surface area contributed by atoms with E-state index >= 15 is 0 Å². The molecule has 0 spiro atoms. The molecular weight excluding hydrogens is 322 g/mol. The molecule has 26 heavy (non-hydrogen) atoms. The molecule has 1 saturated heterocycles. The molecule has 2 atom stereocenters. The van der Waals surface area contributed by atoms with Crippen LogP contribution in [0.2, 0.25) is 0 Å². The Morgan fingerprint density at radius 1 is 1.12 bits per heavy atom. The number of hydrogen-bond donors (Lipinski definition) is 1. The van der Waals surface area contributed by atoms with Crippen molar-refractivity contribution < 1.29 is 4.79 Å². The van der Waals surface area contributed by atoms with Gasteiger partial charge in [-0.05, 0) is 37.1 Å². The Hall–Kier alpha value is -2.72. The molecule has 4 nitrogen and oxygen atoms in total. The smallest absolute Gasteiger partial charge is 0.254 e. The lowest BCUT2D eigenvalue weighted by molar-refractivity contribution is 0.0788. The Morgan fingerprint density at radius 2 is 1.85 bits per heavy atom. The molecule has 132 valence electrons. The maximum atomic E-state index is 13.3. The SMILES string of the molecule is Cc1cc(C(=O)N2C[C@@H](CN)[C@H](c3ccccc3)C2)c2ccccc2n1. The van der Waals surface area contributed by atoms with Gasteiger partial charge in [0.25, 0.3) is 5.91 Å². The topological polar surface area (TPSA) is 59.2 Å². The minimum atomic E-state index is 0.0728. The molecule has 1 aromatic heterocycles. The van der Waals surface area contributed by atoms with Crippen molar-refractivity contribution in [3.8, 4) is 0 Å². The van der Waals surface area contributed by atoms with Gasteiger partial charge in [-0.1, -0.05) is 48.5 Å². The van der Waals surface area contributed by atoms with Crippen LogP contribution in [0.25, 0.3) is 10.9 Å². The number of carbonyl (C=O) groups excluding carboxylic acids is 1. The van der Waals surface area contributed by atoms with Crippen molar-refractivity contribution in [1.29, 1.82) is 0 Å². The second-order valence-corrected chi connectivity index (χ2v) is 7.05. The van der Waals surface area contributed by atoms with Crippen LogP contribution in [0, 0.1) is 12.8 Å². The van der Waals surface area contributed by atoms with Crippen molar-refractivity contribution in [3.05, 3.63) is 77.5 Å². The van der Waals surface area contributed by atoms with Gasteiger partial charge in [-0.15, -0.1) is 0 Å². The van der Waals surface area contributed by atoms with Gasteiger partial charge in [0.2, 0.25) is 0 Å². The van der Waals surface area contributed by atoms with Gasteiger partial charge >= 0.3 is 0 Å². The molecule has 1 fully saturated rings. The molecule has 0 unspecified atom stereocenters. The molecular formula is C22H23N3O. The van der Waals surface area contributed by atoms with E-state index in [0.717, 1.165) is 22.2 Å². The highest BCUT2D eigenvalue weighted by Gasteiger charge is 2.36. The number of nitrogens with two attached hydrogens (primary N) is 1. The number of hydrogen-bond acceptors (Lipinski definition) is 3. The molecule has 4 heteroatoms. The van der Waals surface area contributed by atoms with Gasteiger partial charge in [0.15, 0.2) is 0 Å². The summed E-state index contributed by atoms with van der Waals surface area (Å²) in [4.78, 5) is 19.8. The Balaban J connectivity index is 1.67. The Morgan fingerprint density at radius 3 is 2.62 bits per heavy atom. The summed E-state index contributed by atoms with van der Waals surface area (Å²) in [6.07, 6.45) is 0. The zero-order chi connectivity index (χ0) is 18.1. The van der Waals surface area contributed by atoms with Crippen molar-refractivity contribution in [1.82, 2.24) is 9.88 Å². The molecule has 3 aromatic rings. The average molecular weight is 345 g/mol. The van der Waals surface area contributed by atoms with E-state index in [0.29, 0.717) is 25.6 Å². The second-order valence-electron chi connectivity index (χ2n) is 7.05. The highest BCUT2D eigenvalue weighted by molar-refractivity contribution is 6.06. The van der Waals surface area contributed by atoms with Crippen LogP contribution >= 0.6 is 0 Å². The van der Waals surface area contributed by atoms with Crippen molar-refractivity contribution in [2.24, 2.45) is 11.7 Å². The number of para-hydroxylation sites is 1. The van der Waals surface area contributed by atoms with Crippen LogP contribution < -0.4 is 5.73 Å². The Kier molecular flexibility index (Phi) is 4.43. The fraction of sp³-hybridized carbons (Fsp3) is 0.273. The highest BCUT2D eigenvalue weighted by atomic mass is 16.2. The summed E-state index contributed by atoms with van der Waals surface area (Å²) in [6.45, 7) is 3.92. The summed E-state index contributed by atoms with van der Waals surface area (Å²) < 4.78 is 0. The van der Waals surface area contributed by atoms with Gasteiger partial charge < -0.3 is 10.6 Å². The van der Waals surface area contributed by atoms with Crippen LogP contribution in [0.1, 0.15) is 27.5 Å². The Labute approximate surface area is 153 Å². The summed E-state index contributed by atoms with van der Waals surface area (Å²) >= 11 is 0. The van der Waals surface area contributed by atoms with Gasteiger partial charge in [-0.2, -0.15) is 0 Å². The molecule has 2 aromatic carbocycles. The number of likely N-dealkylation sites (tertiary alicyclic amines) is 1. The number of aryl methyl sites for hydroxylation is 1. The summed E-state index contributed by atoms with van der Waals surface area (Å²) in [7, 11) is 0. The number of rotatable bonds is 3. The quantitative estimate of drug-likeness (QED) is 0.792. The molecule has 0 radical (unpaired) electrons. The van der Waals surface area contributed by atoms with Crippen LogP contribution in [0.5, 0.6) is 0 Å². The molecule has 1 aliphatic rings. The van der Waals surface area contributed by atoms with E-state index in [-0.39, 0.29) is 11.8 Å². The number of carbonyl (C=O) groups is 1. The van der Waals surface area contributed by atoms with E-state index in [1.807, 2.05) is 60.4 Å². The monoisotopic (exact) mass is 345 g/mol. The second kappa shape index (κ2) is 6.89. The van der Waals surface area contributed by atoms with E-state index in [2.05, 4.69) is 17.1 Å². The Bertz CT molecular complexity index is 939. The average Bonchev–Trinajstić information content (AvgIpc) is 3.12. The number of pyridine rings is 1. The fourth-order valence-corrected chi connectivity index (χ4v) is 4.01. The minimum absolute atomic E-state index is 0.0728.